The molecule has 16 heavy (non-hydrogen) atoms. The van der Waals surface area contributed by atoms with Crippen LogP contribution >= 0.6 is 0 Å². The fourth-order valence-electron chi connectivity index (χ4n) is 1.81. The second-order valence-corrected chi connectivity index (χ2v) is 6.07. The van der Waals surface area contributed by atoms with Crippen molar-refractivity contribution in [2.24, 2.45) is 5.92 Å². The summed E-state index contributed by atoms with van der Waals surface area (Å²) < 4.78 is 0. The van der Waals surface area contributed by atoms with Gasteiger partial charge < -0.3 is 10.6 Å². The van der Waals surface area contributed by atoms with E-state index < -0.39 is 0 Å². The van der Waals surface area contributed by atoms with Gasteiger partial charge in [-0.1, -0.05) is 12.8 Å². The maximum absolute atomic E-state index is 11.6. The van der Waals surface area contributed by atoms with Crippen molar-refractivity contribution >= 4 is 5.91 Å². The lowest BCUT2D eigenvalue weighted by Crippen LogP contribution is -2.40. The highest BCUT2D eigenvalue weighted by molar-refractivity contribution is 5.76. The molecule has 0 aliphatic heterocycles. The molecule has 94 valence electrons. The number of rotatable bonds is 6. The van der Waals surface area contributed by atoms with Gasteiger partial charge in [-0.3, -0.25) is 4.79 Å². The average Bonchev–Trinajstić information content (AvgIpc) is 2.84. The van der Waals surface area contributed by atoms with Crippen LogP contribution < -0.4 is 10.6 Å². The molecule has 1 aliphatic rings. The Hall–Kier alpha value is -0.570. The van der Waals surface area contributed by atoms with Crippen molar-refractivity contribution in [3.05, 3.63) is 0 Å². The van der Waals surface area contributed by atoms with Crippen molar-refractivity contribution in [3.8, 4) is 0 Å². The van der Waals surface area contributed by atoms with Gasteiger partial charge in [0.25, 0.3) is 0 Å². The Labute approximate surface area is 99.4 Å². The van der Waals surface area contributed by atoms with Gasteiger partial charge >= 0.3 is 0 Å². The van der Waals surface area contributed by atoms with Crippen LogP contribution in [0.5, 0.6) is 0 Å². The van der Waals surface area contributed by atoms with E-state index in [0.717, 1.165) is 18.9 Å². The van der Waals surface area contributed by atoms with Gasteiger partial charge in [0.15, 0.2) is 0 Å². The summed E-state index contributed by atoms with van der Waals surface area (Å²) in [5, 5.41) is 6.38. The predicted molar refractivity (Wildman–Crippen MR) is 67.3 cm³/mol. The van der Waals surface area contributed by atoms with E-state index in [2.05, 4.69) is 38.3 Å². The number of carbonyl (C=O) groups excluding carboxylic acids is 1. The molecule has 1 unspecified atom stereocenters. The van der Waals surface area contributed by atoms with Gasteiger partial charge in [-0.25, -0.2) is 0 Å². The summed E-state index contributed by atoms with van der Waals surface area (Å²) in [6, 6.07) is 0.342. The zero-order valence-electron chi connectivity index (χ0n) is 11.1. The molecule has 0 aromatic carbocycles. The van der Waals surface area contributed by atoms with E-state index in [-0.39, 0.29) is 11.4 Å². The molecule has 1 fully saturated rings. The molecule has 0 aromatic heterocycles. The molecule has 3 heteroatoms. The molecule has 1 saturated carbocycles. The molecular formula is C13H26N2O. The van der Waals surface area contributed by atoms with Crippen LogP contribution in [0.15, 0.2) is 0 Å². The molecule has 0 bridgehead atoms. The third-order valence-corrected chi connectivity index (χ3v) is 2.80. The summed E-state index contributed by atoms with van der Waals surface area (Å²) in [7, 11) is 0. The van der Waals surface area contributed by atoms with E-state index >= 15 is 0 Å². The zero-order chi connectivity index (χ0) is 12.2. The summed E-state index contributed by atoms with van der Waals surface area (Å²) in [5.41, 5.74) is 0.0971. The fraction of sp³-hybridized carbons (Fsp3) is 0.923. The Morgan fingerprint density at radius 1 is 1.38 bits per heavy atom. The molecule has 0 aromatic rings. The Balaban J connectivity index is 2.05. The van der Waals surface area contributed by atoms with Gasteiger partial charge in [-0.15, -0.1) is 0 Å². The maximum atomic E-state index is 11.6. The van der Waals surface area contributed by atoms with E-state index in [1.54, 1.807) is 0 Å². The van der Waals surface area contributed by atoms with Crippen molar-refractivity contribution in [2.45, 2.75) is 65.0 Å². The molecule has 1 rings (SSSR count). The summed E-state index contributed by atoms with van der Waals surface area (Å²) >= 11 is 0. The molecule has 1 aliphatic carbocycles. The zero-order valence-corrected chi connectivity index (χ0v) is 11.1. The van der Waals surface area contributed by atoms with Gasteiger partial charge in [0.1, 0.15) is 0 Å². The summed E-state index contributed by atoms with van der Waals surface area (Å²) in [5.74, 6) is 1.05. The van der Waals surface area contributed by atoms with Crippen molar-refractivity contribution in [1.29, 1.82) is 0 Å². The van der Waals surface area contributed by atoms with Crippen molar-refractivity contribution in [2.75, 3.05) is 6.54 Å². The van der Waals surface area contributed by atoms with Gasteiger partial charge in [-0.05, 0) is 40.0 Å². The van der Waals surface area contributed by atoms with Gasteiger partial charge in [0.05, 0.1) is 0 Å². The lowest BCUT2D eigenvalue weighted by atomic mass is 10.1. The van der Waals surface area contributed by atoms with E-state index in [4.69, 9.17) is 0 Å². The molecule has 0 saturated heterocycles. The minimum absolute atomic E-state index is 0.0971. The lowest BCUT2D eigenvalue weighted by molar-refractivity contribution is -0.121. The van der Waals surface area contributed by atoms with Crippen molar-refractivity contribution in [3.63, 3.8) is 0 Å². The van der Waals surface area contributed by atoms with Crippen LogP contribution in [-0.4, -0.2) is 24.0 Å². The van der Waals surface area contributed by atoms with Gasteiger partial charge in [-0.2, -0.15) is 0 Å². The SMILES string of the molecule is CC(CC1CC1)NC(=O)CCNC(C)(C)C. The Kier molecular flexibility index (Phi) is 4.78. The van der Waals surface area contributed by atoms with Crippen LogP contribution in [0.4, 0.5) is 0 Å². The Bertz CT molecular complexity index is 229. The number of nitrogens with one attached hydrogen (secondary N) is 2. The monoisotopic (exact) mass is 226 g/mol. The lowest BCUT2D eigenvalue weighted by Gasteiger charge is -2.20. The normalized spacial score (nSPS) is 18.2. The van der Waals surface area contributed by atoms with E-state index in [1.807, 2.05) is 0 Å². The number of hydrogen-bond acceptors (Lipinski definition) is 2. The summed E-state index contributed by atoms with van der Waals surface area (Å²) in [6.45, 7) is 9.20. The smallest absolute Gasteiger partial charge is 0.221 e. The molecule has 2 N–H and O–H groups in total. The first kappa shape index (κ1) is 13.5. The van der Waals surface area contributed by atoms with Crippen LogP contribution in [0, 0.1) is 5.92 Å². The minimum atomic E-state index is 0.0971. The number of amides is 1. The Morgan fingerprint density at radius 3 is 2.50 bits per heavy atom. The topological polar surface area (TPSA) is 41.1 Å². The molecule has 0 radical (unpaired) electrons. The first-order chi connectivity index (χ1) is 7.37. The summed E-state index contributed by atoms with van der Waals surface area (Å²) in [4.78, 5) is 11.6. The molecule has 1 amide bonds. The first-order valence-electron chi connectivity index (χ1n) is 6.41. The molecule has 1 atom stereocenters. The van der Waals surface area contributed by atoms with Crippen molar-refractivity contribution < 1.29 is 4.79 Å². The number of hydrogen-bond donors (Lipinski definition) is 2. The highest BCUT2D eigenvalue weighted by Crippen LogP contribution is 2.33. The van der Waals surface area contributed by atoms with Crippen LogP contribution in [0.2, 0.25) is 0 Å². The maximum Gasteiger partial charge on any atom is 0.221 e. The van der Waals surface area contributed by atoms with Crippen LogP contribution in [0.3, 0.4) is 0 Å². The standard InChI is InChI=1S/C13H26N2O/c1-10(9-11-5-6-11)15-12(16)7-8-14-13(2,3)4/h10-11,14H,5-9H2,1-4H3,(H,15,16). The van der Waals surface area contributed by atoms with Crippen LogP contribution in [0.25, 0.3) is 0 Å². The van der Waals surface area contributed by atoms with Crippen LogP contribution in [-0.2, 0) is 4.79 Å². The highest BCUT2D eigenvalue weighted by Gasteiger charge is 2.24. The third kappa shape index (κ3) is 6.83. The minimum Gasteiger partial charge on any atom is -0.354 e. The largest absolute Gasteiger partial charge is 0.354 e. The molecule has 0 spiro atoms. The fourth-order valence-corrected chi connectivity index (χ4v) is 1.81. The Morgan fingerprint density at radius 2 is 2.00 bits per heavy atom. The molecular weight excluding hydrogens is 200 g/mol. The second-order valence-electron chi connectivity index (χ2n) is 6.07. The highest BCUT2D eigenvalue weighted by atomic mass is 16.1. The van der Waals surface area contributed by atoms with Crippen molar-refractivity contribution in [1.82, 2.24) is 10.6 Å². The van der Waals surface area contributed by atoms with E-state index in [0.29, 0.717) is 12.5 Å². The van der Waals surface area contributed by atoms with Crippen LogP contribution in [0.1, 0.15) is 53.4 Å². The predicted octanol–water partition coefficient (Wildman–Crippen LogP) is 2.07. The quantitative estimate of drug-likeness (QED) is 0.728. The van der Waals surface area contributed by atoms with E-state index in [9.17, 15) is 4.79 Å². The number of carbonyl (C=O) groups is 1. The second kappa shape index (κ2) is 5.67. The van der Waals surface area contributed by atoms with Gasteiger partial charge in [0, 0.05) is 24.5 Å². The third-order valence-electron chi connectivity index (χ3n) is 2.80. The summed E-state index contributed by atoms with van der Waals surface area (Å²) in [6.07, 6.45) is 4.43. The molecule has 3 nitrogen and oxygen atoms in total. The van der Waals surface area contributed by atoms with E-state index in [1.165, 1.54) is 12.8 Å². The van der Waals surface area contributed by atoms with Gasteiger partial charge in [0.2, 0.25) is 5.91 Å². The average molecular weight is 226 g/mol. The molecule has 0 heterocycles. The first-order valence-corrected chi connectivity index (χ1v) is 6.41.